The fraction of sp³-hybridized carbons (Fsp3) is 0.500. The van der Waals surface area contributed by atoms with E-state index >= 15 is 0 Å². The van der Waals surface area contributed by atoms with E-state index in [4.69, 9.17) is 14.7 Å². The summed E-state index contributed by atoms with van der Waals surface area (Å²) in [5, 5.41) is 16.5. The van der Waals surface area contributed by atoms with E-state index in [1.54, 1.807) is 0 Å². The highest BCUT2D eigenvalue weighted by molar-refractivity contribution is 7.89. The van der Waals surface area contributed by atoms with E-state index < -0.39 is 27.8 Å². The van der Waals surface area contributed by atoms with Gasteiger partial charge in [0, 0.05) is 12.1 Å². The number of hydrogen-bond donors (Lipinski definition) is 3. The van der Waals surface area contributed by atoms with Gasteiger partial charge in [-0.05, 0) is 26.2 Å². The van der Waals surface area contributed by atoms with Crippen molar-refractivity contribution in [1.29, 1.82) is 0 Å². The van der Waals surface area contributed by atoms with Crippen molar-refractivity contribution in [2.45, 2.75) is 37.1 Å². The van der Waals surface area contributed by atoms with E-state index in [9.17, 15) is 18.0 Å². The van der Waals surface area contributed by atoms with Crippen LogP contribution in [0.1, 0.15) is 35.6 Å². The highest BCUT2D eigenvalue weighted by atomic mass is 32.2. The number of aryl methyl sites for hydroxylation is 1. The van der Waals surface area contributed by atoms with Crippen molar-refractivity contribution >= 4 is 21.9 Å². The molecule has 8 nitrogen and oxygen atoms in total. The van der Waals surface area contributed by atoms with Crippen molar-refractivity contribution in [3.63, 3.8) is 0 Å². The Morgan fingerprint density at radius 2 is 2.10 bits per heavy atom. The summed E-state index contributed by atoms with van der Waals surface area (Å²) in [6.45, 7) is 1.40. The van der Waals surface area contributed by atoms with Gasteiger partial charge in [0.1, 0.15) is 10.7 Å². The Hall–Kier alpha value is -1.87. The molecule has 1 amide bonds. The normalized spacial score (nSPS) is 22.2. The van der Waals surface area contributed by atoms with Crippen LogP contribution in [0, 0.1) is 12.8 Å². The zero-order valence-corrected chi connectivity index (χ0v) is 12.1. The van der Waals surface area contributed by atoms with Crippen molar-refractivity contribution in [2.24, 2.45) is 11.1 Å². The molecule has 0 spiro atoms. The van der Waals surface area contributed by atoms with Crippen LogP contribution in [0.15, 0.2) is 15.4 Å². The molecule has 1 aromatic heterocycles. The largest absolute Gasteiger partial charge is 0.481 e. The molecule has 0 aromatic carbocycles. The number of amides is 1. The second-order valence-electron chi connectivity index (χ2n) is 5.09. The molecule has 9 heteroatoms. The van der Waals surface area contributed by atoms with E-state index in [1.165, 1.54) is 6.92 Å². The minimum Gasteiger partial charge on any atom is -0.481 e. The second kappa shape index (κ2) is 5.49. The fourth-order valence-electron chi connectivity index (χ4n) is 2.45. The van der Waals surface area contributed by atoms with Crippen LogP contribution >= 0.6 is 0 Å². The molecule has 0 bridgehead atoms. The molecule has 1 aliphatic rings. The highest BCUT2D eigenvalue weighted by Crippen LogP contribution is 2.26. The van der Waals surface area contributed by atoms with E-state index in [1.807, 2.05) is 0 Å². The van der Waals surface area contributed by atoms with Gasteiger partial charge in [-0.1, -0.05) is 0 Å². The van der Waals surface area contributed by atoms with Gasteiger partial charge in [-0.2, -0.15) is 0 Å². The lowest BCUT2D eigenvalue weighted by atomic mass is 10.1. The van der Waals surface area contributed by atoms with Gasteiger partial charge in [-0.3, -0.25) is 9.59 Å². The molecule has 0 aliphatic heterocycles. The first kappa shape index (κ1) is 15.5. The Labute approximate surface area is 121 Å². The standard InChI is InChI=1S/C12H16N2O6S/c1-6-10(21(13,18)19)5-9(20-6)11(15)14-8-3-2-7(4-8)12(16)17/h5,7-8H,2-4H2,1H3,(H,14,15)(H,16,17)(H2,13,18,19)/t7-,8+/m0/s1. The van der Waals surface area contributed by atoms with Gasteiger partial charge in [0.2, 0.25) is 10.0 Å². The van der Waals surface area contributed by atoms with Crippen molar-refractivity contribution in [3.05, 3.63) is 17.6 Å². The summed E-state index contributed by atoms with van der Waals surface area (Å²) in [7, 11) is -3.94. The SMILES string of the molecule is Cc1oc(C(=O)N[C@@H]2CC[C@H](C(=O)O)C2)cc1S(N)(=O)=O. The third kappa shape index (κ3) is 3.42. The summed E-state index contributed by atoms with van der Waals surface area (Å²) in [5.74, 6) is -2.04. The number of carbonyl (C=O) groups excluding carboxylic acids is 1. The van der Waals surface area contributed by atoms with Crippen LogP contribution in [-0.4, -0.2) is 31.4 Å². The number of nitrogens with one attached hydrogen (secondary N) is 1. The maximum atomic E-state index is 12.0. The number of nitrogens with two attached hydrogens (primary N) is 1. The molecular formula is C12H16N2O6S. The van der Waals surface area contributed by atoms with Crippen LogP contribution in [0.3, 0.4) is 0 Å². The number of furan rings is 1. The van der Waals surface area contributed by atoms with Gasteiger partial charge in [0.25, 0.3) is 5.91 Å². The molecule has 1 aliphatic carbocycles. The van der Waals surface area contributed by atoms with Crippen molar-refractivity contribution in [2.75, 3.05) is 0 Å². The molecule has 21 heavy (non-hydrogen) atoms. The number of aliphatic carboxylic acids is 1. The zero-order chi connectivity index (χ0) is 15.8. The second-order valence-corrected chi connectivity index (χ2v) is 6.62. The number of primary sulfonamides is 1. The summed E-state index contributed by atoms with van der Waals surface area (Å²) in [6, 6.07) is 0.811. The maximum absolute atomic E-state index is 12.0. The van der Waals surface area contributed by atoms with Gasteiger partial charge in [-0.15, -0.1) is 0 Å². The molecule has 0 unspecified atom stereocenters. The van der Waals surface area contributed by atoms with Crippen LogP contribution in [0.5, 0.6) is 0 Å². The summed E-state index contributed by atoms with van der Waals surface area (Å²) in [6.07, 6.45) is 1.41. The maximum Gasteiger partial charge on any atom is 0.306 e. The molecule has 1 saturated carbocycles. The lowest BCUT2D eigenvalue weighted by Gasteiger charge is -2.10. The average Bonchev–Trinajstić information content (AvgIpc) is 2.94. The summed E-state index contributed by atoms with van der Waals surface area (Å²) >= 11 is 0. The minimum absolute atomic E-state index is 0.0393. The number of carboxylic acid groups (broad SMARTS) is 1. The van der Waals surface area contributed by atoms with Crippen LogP contribution in [0.25, 0.3) is 0 Å². The summed E-state index contributed by atoms with van der Waals surface area (Å²) < 4.78 is 27.6. The van der Waals surface area contributed by atoms with Crippen LogP contribution < -0.4 is 10.5 Å². The van der Waals surface area contributed by atoms with Crippen LogP contribution in [-0.2, 0) is 14.8 Å². The predicted octanol–water partition coefficient (Wildman–Crippen LogP) is 0.219. The Balaban J connectivity index is 2.07. The van der Waals surface area contributed by atoms with Gasteiger partial charge in [0.15, 0.2) is 5.76 Å². The molecule has 2 rings (SSSR count). The van der Waals surface area contributed by atoms with E-state index in [-0.39, 0.29) is 22.5 Å². The van der Waals surface area contributed by atoms with Crippen molar-refractivity contribution in [3.8, 4) is 0 Å². The first-order chi connectivity index (χ1) is 9.68. The summed E-state index contributed by atoms with van der Waals surface area (Å²) in [4.78, 5) is 22.6. The average molecular weight is 316 g/mol. The van der Waals surface area contributed by atoms with Gasteiger partial charge in [-0.25, -0.2) is 13.6 Å². The quantitative estimate of drug-likeness (QED) is 0.726. The number of carbonyl (C=O) groups is 2. The molecule has 0 saturated heterocycles. The zero-order valence-electron chi connectivity index (χ0n) is 11.3. The van der Waals surface area contributed by atoms with Gasteiger partial charge in [0.05, 0.1) is 5.92 Å². The third-order valence-electron chi connectivity index (χ3n) is 3.52. The molecule has 2 atom stereocenters. The van der Waals surface area contributed by atoms with Gasteiger partial charge >= 0.3 is 5.97 Å². The first-order valence-electron chi connectivity index (χ1n) is 6.35. The molecule has 1 aromatic rings. The van der Waals surface area contributed by atoms with E-state index in [0.29, 0.717) is 19.3 Å². The number of sulfonamides is 1. The fourth-order valence-corrected chi connectivity index (χ4v) is 3.17. The predicted molar refractivity (Wildman–Crippen MR) is 71.0 cm³/mol. The lowest BCUT2D eigenvalue weighted by molar-refractivity contribution is -0.141. The first-order valence-corrected chi connectivity index (χ1v) is 7.90. The minimum atomic E-state index is -3.94. The topological polar surface area (TPSA) is 140 Å². The monoisotopic (exact) mass is 316 g/mol. The third-order valence-corrected chi connectivity index (χ3v) is 4.54. The molecule has 1 fully saturated rings. The van der Waals surface area contributed by atoms with Crippen molar-refractivity contribution < 1.29 is 27.5 Å². The lowest BCUT2D eigenvalue weighted by Crippen LogP contribution is -2.33. The molecule has 116 valence electrons. The summed E-state index contributed by atoms with van der Waals surface area (Å²) in [5.41, 5.74) is 0. The van der Waals surface area contributed by atoms with Crippen LogP contribution in [0.4, 0.5) is 0 Å². The Morgan fingerprint density at radius 1 is 1.43 bits per heavy atom. The molecule has 0 radical (unpaired) electrons. The Bertz CT molecular complexity index is 678. The molecule has 1 heterocycles. The molecule has 4 N–H and O–H groups in total. The Kier molecular flexibility index (Phi) is 4.06. The number of rotatable bonds is 4. The van der Waals surface area contributed by atoms with Crippen LogP contribution in [0.2, 0.25) is 0 Å². The molecular weight excluding hydrogens is 300 g/mol. The smallest absolute Gasteiger partial charge is 0.306 e. The van der Waals surface area contributed by atoms with E-state index in [2.05, 4.69) is 5.32 Å². The van der Waals surface area contributed by atoms with Gasteiger partial charge < -0.3 is 14.8 Å². The highest BCUT2D eigenvalue weighted by Gasteiger charge is 2.31. The Morgan fingerprint density at radius 3 is 2.57 bits per heavy atom. The van der Waals surface area contributed by atoms with E-state index in [0.717, 1.165) is 6.07 Å². The number of hydrogen-bond acceptors (Lipinski definition) is 5. The number of carboxylic acids is 1. The van der Waals surface area contributed by atoms with Crippen molar-refractivity contribution in [1.82, 2.24) is 5.32 Å².